The van der Waals surface area contributed by atoms with E-state index < -0.39 is 25.0 Å². The maximum absolute atomic E-state index is 6.45. The molecule has 1 aliphatic rings. The number of hydrogen-bond donors (Lipinski definition) is 0. The molecule has 0 saturated carbocycles. The molecule has 0 aromatic rings. The normalized spacial score (nSPS) is 30.5. The molecule has 1 rings (SSSR count). The SMILES string of the molecule is CO[C@H]1C(O[Si](C)(C)C)OC[C@@H](O[Si](C)(C)C)[C@@H]1O[Si](C)(C)C. The summed E-state index contributed by atoms with van der Waals surface area (Å²) in [5.74, 6) is 0. The molecule has 1 unspecified atom stereocenters. The molecule has 0 bridgehead atoms. The smallest absolute Gasteiger partial charge is 0.187 e. The van der Waals surface area contributed by atoms with Crippen LogP contribution in [0.5, 0.6) is 0 Å². The van der Waals surface area contributed by atoms with Crippen LogP contribution in [0.2, 0.25) is 58.9 Å². The van der Waals surface area contributed by atoms with Crippen molar-refractivity contribution in [2.45, 2.75) is 83.5 Å². The van der Waals surface area contributed by atoms with Crippen LogP contribution in [0.1, 0.15) is 0 Å². The third-order valence-corrected chi connectivity index (χ3v) is 6.05. The van der Waals surface area contributed by atoms with Crippen molar-refractivity contribution in [2.75, 3.05) is 13.7 Å². The van der Waals surface area contributed by atoms with Crippen molar-refractivity contribution >= 4 is 25.0 Å². The second kappa shape index (κ2) is 7.77. The van der Waals surface area contributed by atoms with Gasteiger partial charge in [0.25, 0.3) is 0 Å². The number of methoxy groups -OCH3 is 1. The van der Waals surface area contributed by atoms with Crippen LogP contribution in [0.25, 0.3) is 0 Å². The molecule has 23 heavy (non-hydrogen) atoms. The van der Waals surface area contributed by atoms with Gasteiger partial charge in [-0.25, -0.2) is 0 Å². The van der Waals surface area contributed by atoms with Gasteiger partial charge < -0.3 is 22.8 Å². The van der Waals surface area contributed by atoms with E-state index in [1.54, 1.807) is 7.11 Å². The second-order valence-electron chi connectivity index (χ2n) is 9.10. The van der Waals surface area contributed by atoms with E-state index in [2.05, 4.69) is 58.9 Å². The Morgan fingerprint density at radius 3 is 1.57 bits per heavy atom. The molecule has 1 saturated heterocycles. The van der Waals surface area contributed by atoms with E-state index in [9.17, 15) is 0 Å². The van der Waals surface area contributed by atoms with Gasteiger partial charge in [0.05, 0.1) is 12.7 Å². The molecule has 0 amide bonds. The van der Waals surface area contributed by atoms with Gasteiger partial charge in [0.1, 0.15) is 12.2 Å². The van der Waals surface area contributed by atoms with E-state index in [0.29, 0.717) is 6.61 Å². The molecule has 1 heterocycles. The molecule has 1 aliphatic heterocycles. The maximum atomic E-state index is 6.45. The quantitative estimate of drug-likeness (QED) is 0.631. The van der Waals surface area contributed by atoms with Crippen LogP contribution in [-0.2, 0) is 22.8 Å². The van der Waals surface area contributed by atoms with Gasteiger partial charge in [0, 0.05) is 7.11 Å². The first-order chi connectivity index (χ1) is 10.2. The average Bonchev–Trinajstić information content (AvgIpc) is 2.27. The van der Waals surface area contributed by atoms with Crippen LogP contribution in [0.3, 0.4) is 0 Å². The Balaban J connectivity index is 3.00. The van der Waals surface area contributed by atoms with Crippen LogP contribution in [-0.4, -0.2) is 63.3 Å². The summed E-state index contributed by atoms with van der Waals surface area (Å²) in [6, 6.07) is 0. The minimum absolute atomic E-state index is 0.0974. The first-order valence-corrected chi connectivity index (χ1v) is 18.6. The Labute approximate surface area is 145 Å². The summed E-state index contributed by atoms with van der Waals surface area (Å²) >= 11 is 0. The lowest BCUT2D eigenvalue weighted by molar-refractivity contribution is -0.245. The third-order valence-electron chi connectivity index (χ3n) is 3.12. The Morgan fingerprint density at radius 2 is 1.17 bits per heavy atom. The first kappa shape index (κ1) is 21.5. The predicted octanol–water partition coefficient (Wildman–Crippen LogP) is 3.65. The number of hydrogen-bond acceptors (Lipinski definition) is 5. The molecule has 0 N–H and O–H groups in total. The molecule has 4 atom stereocenters. The van der Waals surface area contributed by atoms with Crippen LogP contribution < -0.4 is 0 Å². The Kier molecular flexibility index (Phi) is 7.27. The number of rotatable bonds is 7. The Morgan fingerprint density at radius 1 is 0.696 bits per heavy atom. The van der Waals surface area contributed by atoms with Gasteiger partial charge in [-0.1, -0.05) is 0 Å². The maximum Gasteiger partial charge on any atom is 0.187 e. The largest absolute Gasteiger partial charge is 0.410 e. The lowest BCUT2D eigenvalue weighted by Crippen LogP contribution is -2.61. The fraction of sp³-hybridized carbons (Fsp3) is 1.00. The molecule has 0 aliphatic carbocycles. The molecule has 0 spiro atoms. The molecule has 0 radical (unpaired) electrons. The van der Waals surface area contributed by atoms with E-state index in [0.717, 1.165) is 0 Å². The van der Waals surface area contributed by atoms with Crippen molar-refractivity contribution in [1.29, 1.82) is 0 Å². The lowest BCUT2D eigenvalue weighted by Gasteiger charge is -2.46. The second-order valence-corrected chi connectivity index (χ2v) is 22.5. The summed E-state index contributed by atoms with van der Waals surface area (Å²) in [5, 5.41) is 0. The van der Waals surface area contributed by atoms with Gasteiger partial charge in [-0.15, -0.1) is 0 Å². The molecule has 1 fully saturated rings. The van der Waals surface area contributed by atoms with Gasteiger partial charge in [-0.2, -0.15) is 0 Å². The van der Waals surface area contributed by atoms with E-state index >= 15 is 0 Å². The molecule has 5 nitrogen and oxygen atoms in total. The van der Waals surface area contributed by atoms with Gasteiger partial charge in [0.15, 0.2) is 31.2 Å². The zero-order valence-electron chi connectivity index (χ0n) is 16.6. The van der Waals surface area contributed by atoms with E-state index in [1.165, 1.54) is 0 Å². The molecule has 0 aromatic carbocycles. The summed E-state index contributed by atoms with van der Waals surface area (Å²) < 4.78 is 30.7. The van der Waals surface area contributed by atoms with E-state index in [4.69, 9.17) is 22.8 Å². The van der Waals surface area contributed by atoms with Crippen molar-refractivity contribution in [3.8, 4) is 0 Å². The summed E-state index contributed by atoms with van der Waals surface area (Å²) in [6.45, 7) is 20.1. The van der Waals surface area contributed by atoms with Crippen molar-refractivity contribution < 1.29 is 22.8 Å². The zero-order valence-corrected chi connectivity index (χ0v) is 19.6. The summed E-state index contributed by atoms with van der Waals surface area (Å²) in [5.41, 5.74) is 0. The predicted molar refractivity (Wildman–Crippen MR) is 101 cm³/mol. The number of ether oxygens (including phenoxy) is 2. The minimum Gasteiger partial charge on any atom is -0.410 e. The topological polar surface area (TPSA) is 46.2 Å². The molecule has 0 aromatic heterocycles. The van der Waals surface area contributed by atoms with E-state index in [1.807, 2.05) is 0 Å². The Hall–Kier alpha value is 0.451. The van der Waals surface area contributed by atoms with Crippen molar-refractivity contribution in [1.82, 2.24) is 0 Å². The van der Waals surface area contributed by atoms with Crippen LogP contribution >= 0.6 is 0 Å². The van der Waals surface area contributed by atoms with Crippen molar-refractivity contribution in [3.63, 3.8) is 0 Å². The standard InChI is InChI=1S/C15H36O5Si3/c1-16-14-13(19-22(5,6)7)12(18-21(2,3)4)11-17-15(14)20-23(8,9)10/h12-15H,11H2,1-10H3/t12-,13+,14-,15?/m1/s1. The third kappa shape index (κ3) is 7.91. The fourth-order valence-electron chi connectivity index (χ4n) is 2.55. The van der Waals surface area contributed by atoms with Gasteiger partial charge >= 0.3 is 0 Å². The summed E-state index contributed by atoms with van der Waals surface area (Å²) in [7, 11) is -3.50. The molecular weight excluding hydrogens is 344 g/mol. The monoisotopic (exact) mass is 380 g/mol. The van der Waals surface area contributed by atoms with Gasteiger partial charge in [0.2, 0.25) is 0 Å². The van der Waals surface area contributed by atoms with Crippen LogP contribution in [0.4, 0.5) is 0 Å². The average molecular weight is 381 g/mol. The highest BCUT2D eigenvalue weighted by Gasteiger charge is 2.46. The molecule has 138 valence electrons. The highest BCUT2D eigenvalue weighted by Crippen LogP contribution is 2.29. The van der Waals surface area contributed by atoms with Gasteiger partial charge in [-0.3, -0.25) is 0 Å². The minimum atomic E-state index is -1.75. The summed E-state index contributed by atoms with van der Waals surface area (Å²) in [4.78, 5) is 0. The fourth-order valence-corrected chi connectivity index (χ4v) is 5.66. The highest BCUT2D eigenvalue weighted by molar-refractivity contribution is 6.70. The Bertz CT molecular complexity index is 373. The lowest BCUT2D eigenvalue weighted by atomic mass is 10.1. The molecular formula is C15H36O5Si3. The van der Waals surface area contributed by atoms with Crippen LogP contribution in [0, 0.1) is 0 Å². The van der Waals surface area contributed by atoms with Crippen molar-refractivity contribution in [3.05, 3.63) is 0 Å². The highest BCUT2D eigenvalue weighted by atomic mass is 28.4. The first-order valence-electron chi connectivity index (χ1n) is 8.40. The summed E-state index contributed by atoms with van der Waals surface area (Å²) in [6.07, 6.45) is -0.883. The van der Waals surface area contributed by atoms with Crippen LogP contribution in [0.15, 0.2) is 0 Å². The zero-order chi connectivity index (χ0) is 18.1. The van der Waals surface area contributed by atoms with Gasteiger partial charge in [-0.05, 0) is 58.9 Å². The van der Waals surface area contributed by atoms with Crippen molar-refractivity contribution in [2.24, 2.45) is 0 Å². The van der Waals surface area contributed by atoms with E-state index in [-0.39, 0.29) is 24.6 Å². The molecule has 8 heteroatoms.